The van der Waals surface area contributed by atoms with Crippen molar-refractivity contribution in [3.63, 3.8) is 0 Å². The topological polar surface area (TPSA) is 43.1 Å². The Balaban J connectivity index is 2.08. The number of hydrogen-bond donors (Lipinski definition) is 1. The van der Waals surface area contributed by atoms with Crippen molar-refractivity contribution in [1.29, 1.82) is 0 Å². The van der Waals surface area contributed by atoms with Crippen molar-refractivity contribution < 1.29 is 4.79 Å². The van der Waals surface area contributed by atoms with E-state index in [1.54, 1.807) is 0 Å². The van der Waals surface area contributed by atoms with Crippen LogP contribution in [0, 0.1) is 29.6 Å². The fraction of sp³-hybridized carbons (Fsp3) is 0.923. The maximum absolute atomic E-state index is 12.3. The highest BCUT2D eigenvalue weighted by Gasteiger charge is 2.49. The van der Waals surface area contributed by atoms with Crippen LogP contribution in [0.4, 0.5) is 0 Å². The molecule has 5 atom stereocenters. The van der Waals surface area contributed by atoms with Gasteiger partial charge < -0.3 is 5.73 Å². The van der Waals surface area contributed by atoms with Crippen molar-refractivity contribution >= 4 is 5.78 Å². The average molecular weight is 209 g/mol. The van der Waals surface area contributed by atoms with Gasteiger partial charge in [-0.3, -0.25) is 4.79 Å². The number of fused-ring (bicyclic) bond motifs is 2. The third-order valence-electron chi connectivity index (χ3n) is 4.76. The van der Waals surface area contributed by atoms with Gasteiger partial charge in [0.2, 0.25) is 0 Å². The van der Waals surface area contributed by atoms with Crippen LogP contribution in [0.5, 0.6) is 0 Å². The summed E-state index contributed by atoms with van der Waals surface area (Å²) in [6.07, 6.45) is 3.70. The van der Waals surface area contributed by atoms with Gasteiger partial charge >= 0.3 is 0 Å². The summed E-state index contributed by atoms with van der Waals surface area (Å²) in [5.41, 5.74) is 6.18. The fourth-order valence-electron chi connectivity index (χ4n) is 3.39. The smallest absolute Gasteiger partial charge is 0.140 e. The second kappa shape index (κ2) is 3.89. The molecule has 5 unspecified atom stereocenters. The van der Waals surface area contributed by atoms with Gasteiger partial charge in [-0.2, -0.15) is 0 Å². The van der Waals surface area contributed by atoms with Crippen molar-refractivity contribution in [2.75, 3.05) is 0 Å². The first-order chi connectivity index (χ1) is 7.02. The summed E-state index contributed by atoms with van der Waals surface area (Å²) in [6.45, 7) is 6.31. The van der Waals surface area contributed by atoms with Gasteiger partial charge in [0.1, 0.15) is 5.78 Å². The van der Waals surface area contributed by atoms with Gasteiger partial charge in [-0.1, -0.05) is 20.8 Å². The summed E-state index contributed by atoms with van der Waals surface area (Å²) in [6, 6.07) is 0.164. The van der Waals surface area contributed by atoms with E-state index in [-0.39, 0.29) is 17.9 Å². The Morgan fingerprint density at radius 2 is 1.80 bits per heavy atom. The third kappa shape index (κ3) is 1.73. The number of hydrogen-bond acceptors (Lipinski definition) is 2. The summed E-state index contributed by atoms with van der Waals surface area (Å²) < 4.78 is 0. The van der Waals surface area contributed by atoms with Gasteiger partial charge in [-0.25, -0.2) is 0 Å². The molecule has 2 aliphatic rings. The first-order valence-corrected chi connectivity index (χ1v) is 6.31. The van der Waals surface area contributed by atoms with Crippen LogP contribution in [-0.4, -0.2) is 11.8 Å². The molecule has 0 aromatic rings. The quantitative estimate of drug-likeness (QED) is 0.774. The van der Waals surface area contributed by atoms with E-state index >= 15 is 0 Å². The van der Waals surface area contributed by atoms with Gasteiger partial charge in [-0.05, 0) is 37.0 Å². The van der Waals surface area contributed by atoms with Gasteiger partial charge in [0.05, 0.1) is 0 Å². The molecule has 2 nitrogen and oxygen atoms in total. The number of rotatable bonds is 3. The molecule has 0 radical (unpaired) electrons. The lowest BCUT2D eigenvalue weighted by atomic mass is 9.76. The molecule has 0 aromatic heterocycles. The van der Waals surface area contributed by atoms with E-state index in [1.807, 2.05) is 0 Å². The lowest BCUT2D eigenvalue weighted by molar-refractivity contribution is -0.129. The van der Waals surface area contributed by atoms with E-state index in [0.29, 0.717) is 23.5 Å². The zero-order valence-electron chi connectivity index (χ0n) is 10.1. The van der Waals surface area contributed by atoms with Crippen LogP contribution in [0.2, 0.25) is 0 Å². The average Bonchev–Trinajstić information content (AvgIpc) is 2.75. The summed E-state index contributed by atoms with van der Waals surface area (Å²) in [5, 5.41) is 0. The highest BCUT2D eigenvalue weighted by atomic mass is 16.1. The van der Waals surface area contributed by atoms with Crippen LogP contribution < -0.4 is 5.73 Å². The minimum Gasteiger partial charge on any atom is -0.327 e. The van der Waals surface area contributed by atoms with E-state index in [2.05, 4.69) is 20.8 Å². The molecule has 0 spiro atoms. The van der Waals surface area contributed by atoms with Gasteiger partial charge in [0.15, 0.2) is 0 Å². The first-order valence-electron chi connectivity index (χ1n) is 6.31. The molecule has 0 amide bonds. The van der Waals surface area contributed by atoms with Crippen molar-refractivity contribution in [3.05, 3.63) is 0 Å². The van der Waals surface area contributed by atoms with Gasteiger partial charge in [0, 0.05) is 17.9 Å². The van der Waals surface area contributed by atoms with Crippen LogP contribution >= 0.6 is 0 Å². The zero-order valence-corrected chi connectivity index (χ0v) is 10.1. The molecule has 2 saturated carbocycles. The molecule has 0 saturated heterocycles. The molecule has 2 aliphatic carbocycles. The third-order valence-corrected chi connectivity index (χ3v) is 4.76. The molecule has 0 aliphatic heterocycles. The number of carbonyl (C=O) groups excluding carboxylic acids is 1. The number of Topliss-reactive ketones (excluding diaryl/α,β-unsaturated/α-hetero) is 1. The summed E-state index contributed by atoms with van der Waals surface area (Å²) in [7, 11) is 0. The minimum atomic E-state index is 0.164. The predicted molar refractivity (Wildman–Crippen MR) is 61.3 cm³/mol. The van der Waals surface area contributed by atoms with E-state index in [4.69, 9.17) is 5.73 Å². The minimum absolute atomic E-state index is 0.164. The molecular formula is C13H23NO. The number of ketones is 1. The summed E-state index contributed by atoms with van der Waals surface area (Å²) in [5.74, 6) is 2.50. The fourth-order valence-corrected chi connectivity index (χ4v) is 3.39. The normalized spacial score (nSPS) is 41.1. The molecular weight excluding hydrogens is 186 g/mol. The van der Waals surface area contributed by atoms with Gasteiger partial charge in [-0.15, -0.1) is 0 Å². The largest absolute Gasteiger partial charge is 0.327 e. The number of carbonyl (C=O) groups is 1. The molecule has 0 aromatic carbocycles. The van der Waals surface area contributed by atoms with Crippen molar-refractivity contribution in [1.82, 2.24) is 0 Å². The standard InChI is InChI=1S/C13H23NO/c1-7(2)8(3)13(15)11-9-4-5-10(6-9)12(11)14/h7-12H,4-6,14H2,1-3H3. The molecule has 2 heteroatoms. The Hall–Kier alpha value is -0.370. The summed E-state index contributed by atoms with van der Waals surface area (Å²) >= 11 is 0. The SMILES string of the molecule is CC(C)C(C)C(=O)C1C2CCC(C2)C1N. The predicted octanol–water partition coefficient (Wildman–Crippen LogP) is 2.22. The molecule has 2 bridgehead atoms. The van der Waals surface area contributed by atoms with E-state index in [0.717, 1.165) is 0 Å². The number of nitrogens with two attached hydrogens (primary N) is 1. The Morgan fingerprint density at radius 1 is 1.20 bits per heavy atom. The van der Waals surface area contributed by atoms with Crippen LogP contribution in [0.15, 0.2) is 0 Å². The van der Waals surface area contributed by atoms with Crippen LogP contribution in [0.3, 0.4) is 0 Å². The Morgan fingerprint density at radius 3 is 2.27 bits per heavy atom. The zero-order chi connectivity index (χ0) is 11.2. The molecule has 15 heavy (non-hydrogen) atoms. The van der Waals surface area contributed by atoms with E-state index in [9.17, 15) is 4.79 Å². The van der Waals surface area contributed by atoms with Crippen LogP contribution in [0.1, 0.15) is 40.0 Å². The second-order valence-electron chi connectivity index (χ2n) is 5.87. The Labute approximate surface area is 92.6 Å². The molecule has 0 heterocycles. The van der Waals surface area contributed by atoms with Crippen molar-refractivity contribution in [2.45, 2.75) is 46.1 Å². The maximum atomic E-state index is 12.3. The lowest BCUT2D eigenvalue weighted by Gasteiger charge is -2.30. The van der Waals surface area contributed by atoms with Crippen molar-refractivity contribution in [2.24, 2.45) is 35.3 Å². The summed E-state index contributed by atoms with van der Waals surface area (Å²) in [4.78, 5) is 12.3. The molecule has 2 rings (SSSR count). The highest BCUT2D eigenvalue weighted by molar-refractivity contribution is 5.84. The highest BCUT2D eigenvalue weighted by Crippen LogP contribution is 2.48. The van der Waals surface area contributed by atoms with E-state index < -0.39 is 0 Å². The van der Waals surface area contributed by atoms with Crippen molar-refractivity contribution in [3.8, 4) is 0 Å². The van der Waals surface area contributed by atoms with Gasteiger partial charge in [0.25, 0.3) is 0 Å². The Bertz CT molecular complexity index is 259. The molecule has 86 valence electrons. The monoisotopic (exact) mass is 209 g/mol. The molecule has 2 N–H and O–H groups in total. The van der Waals surface area contributed by atoms with Crippen LogP contribution in [-0.2, 0) is 4.79 Å². The van der Waals surface area contributed by atoms with E-state index in [1.165, 1.54) is 19.3 Å². The van der Waals surface area contributed by atoms with Crippen LogP contribution in [0.25, 0.3) is 0 Å². The Kier molecular flexibility index (Phi) is 2.89. The second-order valence-corrected chi connectivity index (χ2v) is 5.87. The maximum Gasteiger partial charge on any atom is 0.140 e. The molecule has 2 fully saturated rings. The lowest BCUT2D eigenvalue weighted by Crippen LogP contribution is -2.42. The first kappa shape index (κ1) is 11.1.